The number of aromatic nitrogens is 2. The van der Waals surface area contributed by atoms with E-state index in [1.807, 2.05) is 18.2 Å². The second-order valence-electron chi connectivity index (χ2n) is 4.97. The van der Waals surface area contributed by atoms with Crippen molar-refractivity contribution in [1.82, 2.24) is 9.97 Å². The summed E-state index contributed by atoms with van der Waals surface area (Å²) in [7, 11) is 0. The van der Waals surface area contributed by atoms with Crippen LogP contribution in [-0.2, 0) is 6.54 Å². The van der Waals surface area contributed by atoms with Gasteiger partial charge < -0.3 is 16.4 Å². The molecular formula is C16H23N5. The summed E-state index contributed by atoms with van der Waals surface area (Å²) >= 11 is 0. The summed E-state index contributed by atoms with van der Waals surface area (Å²) in [6.45, 7) is 3.77. The molecule has 0 amide bonds. The minimum absolute atomic E-state index is 0.471. The number of anilines is 3. The van der Waals surface area contributed by atoms with E-state index < -0.39 is 0 Å². The molecule has 0 aliphatic heterocycles. The van der Waals surface area contributed by atoms with Gasteiger partial charge in [-0.05, 0) is 12.0 Å². The molecule has 0 unspecified atom stereocenters. The Hall–Kier alpha value is -2.30. The number of nitrogens with one attached hydrogen (secondary N) is 2. The Morgan fingerprint density at radius 2 is 1.86 bits per heavy atom. The lowest BCUT2D eigenvalue weighted by Gasteiger charge is -2.09. The molecule has 0 aliphatic rings. The number of rotatable bonds is 8. The number of nitrogen functional groups attached to an aromatic ring is 1. The maximum absolute atomic E-state index is 5.83. The SMILES string of the molecule is CCCCCNc1nc(N)cc(NCc2ccccc2)n1. The number of benzene rings is 1. The number of nitrogens with zero attached hydrogens (tertiary/aromatic N) is 2. The van der Waals surface area contributed by atoms with E-state index in [0.29, 0.717) is 18.3 Å². The van der Waals surface area contributed by atoms with Crippen molar-refractivity contribution in [2.24, 2.45) is 0 Å². The maximum atomic E-state index is 5.83. The molecule has 2 rings (SSSR count). The largest absolute Gasteiger partial charge is 0.383 e. The van der Waals surface area contributed by atoms with Gasteiger partial charge in [-0.2, -0.15) is 9.97 Å². The minimum atomic E-state index is 0.471. The van der Waals surface area contributed by atoms with E-state index in [-0.39, 0.29) is 0 Å². The molecule has 0 saturated heterocycles. The van der Waals surface area contributed by atoms with Gasteiger partial charge in [-0.25, -0.2) is 0 Å². The predicted molar refractivity (Wildman–Crippen MR) is 88.2 cm³/mol. The van der Waals surface area contributed by atoms with Crippen LogP contribution < -0.4 is 16.4 Å². The van der Waals surface area contributed by atoms with Gasteiger partial charge in [0.05, 0.1) is 0 Å². The molecule has 5 heteroatoms. The zero-order chi connectivity index (χ0) is 14.9. The minimum Gasteiger partial charge on any atom is -0.383 e. The van der Waals surface area contributed by atoms with E-state index in [0.717, 1.165) is 18.8 Å². The Labute approximate surface area is 126 Å². The zero-order valence-electron chi connectivity index (χ0n) is 12.5. The van der Waals surface area contributed by atoms with Gasteiger partial charge in [0.15, 0.2) is 0 Å². The molecule has 5 nitrogen and oxygen atoms in total. The van der Waals surface area contributed by atoms with Crippen molar-refractivity contribution in [2.45, 2.75) is 32.7 Å². The molecule has 4 N–H and O–H groups in total. The van der Waals surface area contributed by atoms with Gasteiger partial charge in [0.25, 0.3) is 0 Å². The molecule has 0 radical (unpaired) electrons. The smallest absolute Gasteiger partial charge is 0.226 e. The highest BCUT2D eigenvalue weighted by molar-refractivity contribution is 5.50. The maximum Gasteiger partial charge on any atom is 0.226 e. The molecule has 0 atom stereocenters. The first-order chi connectivity index (χ1) is 10.3. The topological polar surface area (TPSA) is 75.9 Å². The summed E-state index contributed by atoms with van der Waals surface area (Å²) in [5.74, 6) is 1.80. The first kappa shape index (κ1) is 15.1. The van der Waals surface area contributed by atoms with E-state index in [2.05, 4.69) is 39.7 Å². The van der Waals surface area contributed by atoms with Crippen LogP contribution in [0.1, 0.15) is 31.7 Å². The van der Waals surface area contributed by atoms with Gasteiger partial charge in [0.1, 0.15) is 11.6 Å². The third kappa shape index (κ3) is 5.30. The van der Waals surface area contributed by atoms with Crippen molar-refractivity contribution in [3.05, 3.63) is 42.0 Å². The molecule has 1 heterocycles. The summed E-state index contributed by atoms with van der Waals surface area (Å²) in [6, 6.07) is 11.9. The monoisotopic (exact) mass is 285 g/mol. The number of unbranched alkanes of at least 4 members (excludes halogenated alkanes) is 2. The fraction of sp³-hybridized carbons (Fsp3) is 0.375. The average Bonchev–Trinajstić information content (AvgIpc) is 2.50. The molecule has 112 valence electrons. The molecule has 21 heavy (non-hydrogen) atoms. The molecule has 0 bridgehead atoms. The standard InChI is InChI=1S/C16H23N5/c1-2-3-7-10-18-16-20-14(17)11-15(21-16)19-12-13-8-5-4-6-9-13/h4-6,8-9,11H,2-3,7,10,12H2,1H3,(H4,17,18,19,20,21). The van der Waals surface area contributed by atoms with Crippen molar-refractivity contribution < 1.29 is 0 Å². The van der Waals surface area contributed by atoms with Crippen LogP contribution in [-0.4, -0.2) is 16.5 Å². The quantitative estimate of drug-likeness (QED) is 0.649. The van der Waals surface area contributed by atoms with Crippen LogP contribution in [0.2, 0.25) is 0 Å². The Morgan fingerprint density at radius 1 is 1.05 bits per heavy atom. The summed E-state index contributed by atoms with van der Waals surface area (Å²) in [4.78, 5) is 8.63. The lowest BCUT2D eigenvalue weighted by atomic mass is 10.2. The fourth-order valence-electron chi connectivity index (χ4n) is 2.00. The normalized spacial score (nSPS) is 10.3. The first-order valence-corrected chi connectivity index (χ1v) is 7.44. The third-order valence-electron chi connectivity index (χ3n) is 3.13. The summed E-state index contributed by atoms with van der Waals surface area (Å²) < 4.78 is 0. The van der Waals surface area contributed by atoms with E-state index >= 15 is 0 Å². The van der Waals surface area contributed by atoms with Gasteiger partial charge >= 0.3 is 0 Å². The lowest BCUT2D eigenvalue weighted by Crippen LogP contribution is -2.09. The van der Waals surface area contributed by atoms with Crippen LogP contribution in [0.25, 0.3) is 0 Å². The summed E-state index contributed by atoms with van der Waals surface area (Å²) in [6.07, 6.45) is 3.51. The van der Waals surface area contributed by atoms with Gasteiger partial charge in [-0.15, -0.1) is 0 Å². The Kier molecular flexibility index (Phi) is 5.82. The van der Waals surface area contributed by atoms with Crippen molar-refractivity contribution in [3.63, 3.8) is 0 Å². The lowest BCUT2D eigenvalue weighted by molar-refractivity contribution is 0.740. The first-order valence-electron chi connectivity index (χ1n) is 7.44. The van der Waals surface area contributed by atoms with Crippen molar-refractivity contribution in [1.29, 1.82) is 0 Å². The highest BCUT2D eigenvalue weighted by Gasteiger charge is 2.02. The van der Waals surface area contributed by atoms with E-state index in [1.165, 1.54) is 18.4 Å². The second kappa shape index (κ2) is 8.09. The Balaban J connectivity index is 1.91. The van der Waals surface area contributed by atoms with Crippen molar-refractivity contribution in [3.8, 4) is 0 Å². The average molecular weight is 285 g/mol. The molecule has 0 fully saturated rings. The number of hydrogen-bond acceptors (Lipinski definition) is 5. The molecule has 2 aromatic rings. The van der Waals surface area contributed by atoms with Crippen LogP contribution in [0.5, 0.6) is 0 Å². The summed E-state index contributed by atoms with van der Waals surface area (Å²) in [5, 5.41) is 6.49. The molecule has 1 aromatic heterocycles. The Bertz CT molecular complexity index is 542. The molecule has 0 aliphatic carbocycles. The van der Waals surface area contributed by atoms with Gasteiger partial charge in [0.2, 0.25) is 5.95 Å². The van der Waals surface area contributed by atoms with Gasteiger partial charge in [-0.1, -0.05) is 50.1 Å². The van der Waals surface area contributed by atoms with E-state index in [4.69, 9.17) is 5.73 Å². The fourth-order valence-corrected chi connectivity index (χ4v) is 2.00. The zero-order valence-corrected chi connectivity index (χ0v) is 12.5. The molecule has 1 aromatic carbocycles. The molecular weight excluding hydrogens is 262 g/mol. The van der Waals surface area contributed by atoms with Crippen molar-refractivity contribution in [2.75, 3.05) is 22.9 Å². The molecule has 0 saturated carbocycles. The van der Waals surface area contributed by atoms with E-state index in [9.17, 15) is 0 Å². The van der Waals surface area contributed by atoms with Crippen molar-refractivity contribution >= 4 is 17.6 Å². The van der Waals surface area contributed by atoms with Crippen LogP contribution in [0.4, 0.5) is 17.6 Å². The second-order valence-corrected chi connectivity index (χ2v) is 4.97. The van der Waals surface area contributed by atoms with Gasteiger partial charge in [0, 0.05) is 19.2 Å². The van der Waals surface area contributed by atoms with Gasteiger partial charge in [-0.3, -0.25) is 0 Å². The van der Waals surface area contributed by atoms with Crippen LogP contribution in [0.15, 0.2) is 36.4 Å². The summed E-state index contributed by atoms with van der Waals surface area (Å²) in [5.41, 5.74) is 7.03. The highest BCUT2D eigenvalue weighted by Crippen LogP contribution is 2.13. The highest BCUT2D eigenvalue weighted by atomic mass is 15.2. The van der Waals surface area contributed by atoms with E-state index in [1.54, 1.807) is 6.07 Å². The Morgan fingerprint density at radius 3 is 2.62 bits per heavy atom. The third-order valence-corrected chi connectivity index (χ3v) is 3.13. The number of hydrogen-bond donors (Lipinski definition) is 3. The van der Waals surface area contributed by atoms with Crippen LogP contribution in [0.3, 0.4) is 0 Å². The van der Waals surface area contributed by atoms with Crippen LogP contribution in [0, 0.1) is 0 Å². The predicted octanol–water partition coefficient (Wildman–Crippen LogP) is 3.27. The van der Waals surface area contributed by atoms with Crippen LogP contribution >= 0.6 is 0 Å². The number of nitrogens with two attached hydrogens (primary N) is 1. The molecule has 0 spiro atoms.